The molecule has 0 heterocycles. The Kier molecular flexibility index (Phi) is 4.45. The van der Waals surface area contributed by atoms with E-state index in [1.807, 2.05) is 30.3 Å². The van der Waals surface area contributed by atoms with Crippen molar-refractivity contribution in [3.05, 3.63) is 59.2 Å². The zero-order chi connectivity index (χ0) is 13.7. The Morgan fingerprint density at radius 2 is 1.68 bits per heavy atom. The molecule has 0 aliphatic heterocycles. The van der Waals surface area contributed by atoms with E-state index in [0.29, 0.717) is 12.0 Å². The first-order valence-corrected chi connectivity index (χ1v) is 6.79. The summed E-state index contributed by atoms with van der Waals surface area (Å²) in [7, 11) is 0. The highest BCUT2D eigenvalue weighted by molar-refractivity contribution is 5.50. The third kappa shape index (κ3) is 3.28. The smallest absolute Gasteiger partial charge is 0.125 e. The number of hydrogen-bond acceptors (Lipinski definition) is 2. The second kappa shape index (κ2) is 6.28. The molecule has 19 heavy (non-hydrogen) atoms. The lowest BCUT2D eigenvalue weighted by molar-refractivity contribution is 0.433. The first-order chi connectivity index (χ1) is 9.22. The highest BCUT2D eigenvalue weighted by atomic mass is 16.3. The van der Waals surface area contributed by atoms with E-state index in [1.165, 1.54) is 0 Å². The number of phenolic OH excluding ortho intramolecular Hbond substituents is 2. The summed E-state index contributed by atoms with van der Waals surface area (Å²) in [4.78, 5) is 0. The molecule has 2 heteroatoms. The minimum Gasteiger partial charge on any atom is -0.508 e. The molecule has 0 saturated carbocycles. The van der Waals surface area contributed by atoms with Gasteiger partial charge in [-0.3, -0.25) is 0 Å². The molecule has 100 valence electrons. The quantitative estimate of drug-likeness (QED) is 0.848. The molecule has 0 fully saturated rings. The maximum absolute atomic E-state index is 10.3. The normalized spacial score (nSPS) is 10.6. The highest BCUT2D eigenvalue weighted by Gasteiger charge is 2.12. The number of phenols is 2. The van der Waals surface area contributed by atoms with Crippen LogP contribution in [0, 0.1) is 0 Å². The van der Waals surface area contributed by atoms with Gasteiger partial charge in [-0.2, -0.15) is 0 Å². The van der Waals surface area contributed by atoms with E-state index >= 15 is 0 Å². The van der Waals surface area contributed by atoms with Gasteiger partial charge in [0, 0.05) is 12.0 Å². The van der Waals surface area contributed by atoms with Crippen LogP contribution in [0.15, 0.2) is 42.5 Å². The van der Waals surface area contributed by atoms with Crippen molar-refractivity contribution in [3.8, 4) is 11.5 Å². The molecule has 0 saturated heterocycles. The molecule has 0 aliphatic rings. The fourth-order valence-corrected chi connectivity index (χ4v) is 2.23. The largest absolute Gasteiger partial charge is 0.508 e. The summed E-state index contributed by atoms with van der Waals surface area (Å²) in [6, 6.07) is 13.5. The minimum atomic E-state index is 0.197. The van der Waals surface area contributed by atoms with Crippen molar-refractivity contribution in [2.75, 3.05) is 0 Å². The van der Waals surface area contributed by atoms with Crippen LogP contribution in [-0.2, 0) is 12.8 Å². The van der Waals surface area contributed by atoms with Crippen LogP contribution >= 0.6 is 0 Å². The third-order valence-corrected chi connectivity index (χ3v) is 3.36. The molecule has 0 amide bonds. The average molecular weight is 256 g/mol. The zero-order valence-corrected chi connectivity index (χ0v) is 11.3. The molecule has 2 N–H and O–H groups in total. The predicted molar refractivity (Wildman–Crippen MR) is 77.6 cm³/mol. The molecular formula is C17H20O2. The first-order valence-electron chi connectivity index (χ1n) is 6.79. The molecule has 0 atom stereocenters. The van der Waals surface area contributed by atoms with Crippen LogP contribution in [0.3, 0.4) is 0 Å². The molecule has 0 unspecified atom stereocenters. The van der Waals surface area contributed by atoms with E-state index in [0.717, 1.165) is 30.4 Å². The number of hydrogen-bond donors (Lipinski definition) is 2. The van der Waals surface area contributed by atoms with Crippen molar-refractivity contribution in [3.63, 3.8) is 0 Å². The van der Waals surface area contributed by atoms with Gasteiger partial charge in [0.05, 0.1) is 0 Å². The Bertz CT molecular complexity index is 532. The van der Waals surface area contributed by atoms with Gasteiger partial charge in [-0.25, -0.2) is 0 Å². The van der Waals surface area contributed by atoms with Gasteiger partial charge in [-0.1, -0.05) is 49.7 Å². The number of aromatic hydroxyl groups is 2. The van der Waals surface area contributed by atoms with Gasteiger partial charge in [0.1, 0.15) is 11.5 Å². The maximum Gasteiger partial charge on any atom is 0.125 e. The Balaban J connectivity index is 2.26. The van der Waals surface area contributed by atoms with Gasteiger partial charge in [-0.15, -0.1) is 0 Å². The molecule has 2 aromatic rings. The Labute approximate surface area is 114 Å². The Morgan fingerprint density at radius 1 is 0.947 bits per heavy atom. The fourth-order valence-electron chi connectivity index (χ4n) is 2.23. The molecular weight excluding hydrogens is 236 g/mol. The third-order valence-electron chi connectivity index (χ3n) is 3.36. The van der Waals surface area contributed by atoms with Crippen molar-refractivity contribution < 1.29 is 10.2 Å². The minimum absolute atomic E-state index is 0.197. The van der Waals surface area contributed by atoms with E-state index in [1.54, 1.807) is 12.1 Å². The summed E-state index contributed by atoms with van der Waals surface area (Å²) in [5.74, 6) is 0.445. The van der Waals surface area contributed by atoms with E-state index in [4.69, 9.17) is 0 Å². The van der Waals surface area contributed by atoms with Crippen LogP contribution in [0.1, 0.15) is 36.5 Å². The SMILES string of the molecule is CCCCc1c(O)ccc(Cc2ccccc2)c1O. The van der Waals surface area contributed by atoms with E-state index in [2.05, 4.69) is 6.92 Å². The van der Waals surface area contributed by atoms with E-state index < -0.39 is 0 Å². The topological polar surface area (TPSA) is 40.5 Å². The zero-order valence-electron chi connectivity index (χ0n) is 11.3. The van der Waals surface area contributed by atoms with Gasteiger partial charge in [0.2, 0.25) is 0 Å². The monoisotopic (exact) mass is 256 g/mol. The van der Waals surface area contributed by atoms with Gasteiger partial charge in [0.25, 0.3) is 0 Å². The van der Waals surface area contributed by atoms with Crippen molar-refractivity contribution in [1.29, 1.82) is 0 Å². The molecule has 0 spiro atoms. The summed E-state index contributed by atoms with van der Waals surface area (Å²) in [5.41, 5.74) is 2.70. The van der Waals surface area contributed by atoms with Crippen LogP contribution in [0.4, 0.5) is 0 Å². The molecule has 2 nitrogen and oxygen atoms in total. The highest BCUT2D eigenvalue weighted by Crippen LogP contribution is 2.33. The molecule has 0 aromatic heterocycles. The molecule has 2 aromatic carbocycles. The Hall–Kier alpha value is -1.96. The van der Waals surface area contributed by atoms with Crippen molar-refractivity contribution in [2.24, 2.45) is 0 Å². The lowest BCUT2D eigenvalue weighted by atomic mass is 9.98. The second-order valence-corrected chi connectivity index (χ2v) is 4.84. The summed E-state index contributed by atoms with van der Waals surface area (Å²) in [5, 5.41) is 20.1. The summed E-state index contributed by atoms with van der Waals surface area (Å²) < 4.78 is 0. The van der Waals surface area contributed by atoms with Crippen LogP contribution in [0.2, 0.25) is 0 Å². The van der Waals surface area contributed by atoms with Crippen molar-refractivity contribution >= 4 is 0 Å². The van der Waals surface area contributed by atoms with Crippen LogP contribution in [0.5, 0.6) is 11.5 Å². The van der Waals surface area contributed by atoms with Crippen LogP contribution < -0.4 is 0 Å². The summed E-state index contributed by atoms with van der Waals surface area (Å²) in [6.45, 7) is 2.10. The van der Waals surface area contributed by atoms with Gasteiger partial charge >= 0.3 is 0 Å². The number of rotatable bonds is 5. The van der Waals surface area contributed by atoms with Gasteiger partial charge in [-0.05, 0) is 30.0 Å². The number of unbranched alkanes of at least 4 members (excludes halogenated alkanes) is 1. The lowest BCUT2D eigenvalue weighted by Crippen LogP contribution is -1.94. The maximum atomic E-state index is 10.3. The first kappa shape index (κ1) is 13.5. The standard InChI is InChI=1S/C17H20O2/c1-2-3-9-15-16(18)11-10-14(17(15)19)12-13-7-5-4-6-8-13/h4-8,10-11,18-19H,2-3,9,12H2,1H3. The van der Waals surface area contributed by atoms with Crippen molar-refractivity contribution in [1.82, 2.24) is 0 Å². The predicted octanol–water partition coefficient (Wildman–Crippen LogP) is 4.03. The molecule has 0 bridgehead atoms. The van der Waals surface area contributed by atoms with Crippen LogP contribution in [0.25, 0.3) is 0 Å². The second-order valence-electron chi connectivity index (χ2n) is 4.84. The van der Waals surface area contributed by atoms with E-state index in [-0.39, 0.29) is 11.5 Å². The lowest BCUT2D eigenvalue weighted by Gasteiger charge is -2.11. The molecule has 2 rings (SSSR count). The fraction of sp³-hybridized carbons (Fsp3) is 0.294. The van der Waals surface area contributed by atoms with Crippen molar-refractivity contribution in [2.45, 2.75) is 32.6 Å². The van der Waals surface area contributed by atoms with E-state index in [9.17, 15) is 10.2 Å². The van der Waals surface area contributed by atoms with Crippen LogP contribution in [-0.4, -0.2) is 10.2 Å². The molecule has 0 radical (unpaired) electrons. The summed E-state index contributed by atoms with van der Waals surface area (Å²) in [6.07, 6.45) is 3.42. The average Bonchev–Trinajstić information content (AvgIpc) is 2.43. The summed E-state index contributed by atoms with van der Waals surface area (Å²) >= 11 is 0. The van der Waals surface area contributed by atoms with Gasteiger partial charge < -0.3 is 10.2 Å². The Morgan fingerprint density at radius 3 is 2.37 bits per heavy atom. The molecule has 0 aliphatic carbocycles. The number of benzene rings is 2. The van der Waals surface area contributed by atoms with Gasteiger partial charge in [0.15, 0.2) is 0 Å².